The summed E-state index contributed by atoms with van der Waals surface area (Å²) in [5.74, 6) is -1.28. The van der Waals surface area contributed by atoms with Crippen molar-refractivity contribution < 1.29 is 29.3 Å². The summed E-state index contributed by atoms with van der Waals surface area (Å²) >= 11 is 0. The van der Waals surface area contributed by atoms with Crippen LogP contribution in [0.15, 0.2) is 24.3 Å². The highest BCUT2D eigenvalue weighted by molar-refractivity contribution is 5.88. The Morgan fingerprint density at radius 3 is 1.82 bits per heavy atom. The van der Waals surface area contributed by atoms with E-state index in [-0.39, 0.29) is 24.2 Å². The number of esters is 2. The molecule has 0 saturated carbocycles. The first-order valence-corrected chi connectivity index (χ1v) is 7.29. The molecule has 0 aromatic carbocycles. The number of ether oxygens (including phenoxy) is 2. The highest BCUT2D eigenvalue weighted by Gasteiger charge is 2.20. The van der Waals surface area contributed by atoms with Crippen LogP contribution in [0.4, 0.5) is 0 Å². The fraction of sp³-hybridized carbons (Fsp3) is 0.625. The molecule has 0 aromatic rings. The molecule has 2 N–H and O–H groups in total. The zero-order chi connectivity index (χ0) is 17.1. The minimum absolute atomic E-state index is 0.0339. The van der Waals surface area contributed by atoms with Gasteiger partial charge in [-0.25, -0.2) is 9.59 Å². The van der Waals surface area contributed by atoms with Crippen molar-refractivity contribution in [2.75, 3.05) is 6.61 Å². The lowest BCUT2D eigenvalue weighted by molar-refractivity contribution is -0.183. The van der Waals surface area contributed by atoms with Crippen molar-refractivity contribution >= 4 is 11.9 Å². The molecule has 0 aliphatic rings. The van der Waals surface area contributed by atoms with Gasteiger partial charge in [-0.3, -0.25) is 0 Å². The molecule has 126 valence electrons. The molecule has 1 atom stereocenters. The van der Waals surface area contributed by atoms with Gasteiger partial charge in [0.05, 0.1) is 6.10 Å². The average molecular weight is 314 g/mol. The van der Waals surface area contributed by atoms with Crippen LogP contribution in [0.1, 0.15) is 46.0 Å². The number of hydrogen-bond donors (Lipinski definition) is 2. The zero-order valence-corrected chi connectivity index (χ0v) is 13.3. The van der Waals surface area contributed by atoms with Gasteiger partial charge in [0.1, 0.15) is 0 Å². The number of hydrogen-bond acceptors (Lipinski definition) is 6. The van der Waals surface area contributed by atoms with E-state index in [2.05, 4.69) is 13.2 Å². The van der Waals surface area contributed by atoms with E-state index in [1.807, 2.05) is 0 Å². The number of carbonyl (C=O) groups is 2. The second-order valence-electron chi connectivity index (χ2n) is 5.25. The Hall–Kier alpha value is -1.66. The molecule has 0 bridgehead atoms. The molecule has 0 heterocycles. The molecule has 1 unspecified atom stereocenters. The quantitative estimate of drug-likeness (QED) is 0.343. The van der Waals surface area contributed by atoms with Crippen LogP contribution in [0.2, 0.25) is 0 Å². The van der Waals surface area contributed by atoms with Crippen LogP contribution in [0.25, 0.3) is 0 Å². The van der Waals surface area contributed by atoms with E-state index in [0.29, 0.717) is 25.7 Å². The van der Waals surface area contributed by atoms with Crippen molar-refractivity contribution in [2.45, 2.75) is 58.3 Å². The number of rotatable bonds is 11. The molecule has 6 heteroatoms. The summed E-state index contributed by atoms with van der Waals surface area (Å²) < 4.78 is 10.1. The summed E-state index contributed by atoms with van der Waals surface area (Å²) in [5.41, 5.74) is 0.415. The first-order valence-electron chi connectivity index (χ1n) is 7.29. The second kappa shape index (κ2) is 11.0. The third kappa shape index (κ3) is 9.31. The van der Waals surface area contributed by atoms with Crippen LogP contribution >= 0.6 is 0 Å². The topological polar surface area (TPSA) is 93.1 Å². The minimum Gasteiger partial charge on any atom is -0.422 e. The van der Waals surface area contributed by atoms with Gasteiger partial charge in [0.15, 0.2) is 0 Å². The average Bonchev–Trinajstić information content (AvgIpc) is 2.44. The summed E-state index contributed by atoms with van der Waals surface area (Å²) in [7, 11) is 0. The maximum atomic E-state index is 11.5. The first-order chi connectivity index (χ1) is 10.3. The number of carbonyl (C=O) groups excluding carboxylic acids is 2. The molecule has 0 aliphatic heterocycles. The van der Waals surface area contributed by atoms with Crippen LogP contribution < -0.4 is 0 Å². The van der Waals surface area contributed by atoms with Crippen LogP contribution in [0.5, 0.6) is 0 Å². The standard InChI is InChI=1S/C16H26O6/c1-11(2)15(19)21-14(22-16(20)12(3)4)9-5-7-13(18)8-6-10-17/h13-14,17-18H,1,3,5-10H2,2,4H3. The lowest BCUT2D eigenvalue weighted by Crippen LogP contribution is -2.25. The van der Waals surface area contributed by atoms with Gasteiger partial charge in [-0.2, -0.15) is 0 Å². The van der Waals surface area contributed by atoms with Crippen molar-refractivity contribution in [3.8, 4) is 0 Å². The predicted molar refractivity (Wildman–Crippen MR) is 81.8 cm³/mol. The fourth-order valence-electron chi connectivity index (χ4n) is 1.57. The molecular weight excluding hydrogens is 288 g/mol. The minimum atomic E-state index is -1.03. The molecule has 0 rings (SSSR count). The Labute approximate surface area is 131 Å². The van der Waals surface area contributed by atoms with Crippen molar-refractivity contribution in [3.63, 3.8) is 0 Å². The van der Waals surface area contributed by atoms with Gasteiger partial charge in [-0.05, 0) is 39.5 Å². The Balaban J connectivity index is 4.39. The molecule has 0 radical (unpaired) electrons. The summed E-state index contributed by atoms with van der Waals surface area (Å²) in [6.07, 6.45) is 0.697. The van der Waals surface area contributed by atoms with Crippen molar-refractivity contribution in [3.05, 3.63) is 24.3 Å². The lowest BCUT2D eigenvalue weighted by Gasteiger charge is -2.19. The van der Waals surface area contributed by atoms with E-state index in [9.17, 15) is 14.7 Å². The van der Waals surface area contributed by atoms with Gasteiger partial charge in [-0.1, -0.05) is 13.2 Å². The van der Waals surface area contributed by atoms with E-state index in [4.69, 9.17) is 14.6 Å². The molecule has 0 saturated heterocycles. The van der Waals surface area contributed by atoms with Gasteiger partial charge < -0.3 is 19.7 Å². The van der Waals surface area contributed by atoms with Gasteiger partial charge in [-0.15, -0.1) is 0 Å². The number of aliphatic hydroxyl groups excluding tert-OH is 2. The third-order valence-electron chi connectivity index (χ3n) is 2.85. The van der Waals surface area contributed by atoms with Crippen molar-refractivity contribution in [1.29, 1.82) is 0 Å². The summed E-state index contributed by atoms with van der Waals surface area (Å²) in [5, 5.41) is 18.4. The largest absolute Gasteiger partial charge is 0.422 e. The first kappa shape index (κ1) is 20.3. The Kier molecular flexibility index (Phi) is 10.2. The molecule has 0 amide bonds. The SMILES string of the molecule is C=C(C)C(=O)OC(CCCC(O)CCCO)OC(=O)C(=C)C. The molecule has 6 nitrogen and oxygen atoms in total. The Morgan fingerprint density at radius 2 is 1.41 bits per heavy atom. The van der Waals surface area contributed by atoms with Gasteiger partial charge in [0.2, 0.25) is 6.29 Å². The third-order valence-corrected chi connectivity index (χ3v) is 2.85. The van der Waals surface area contributed by atoms with Gasteiger partial charge >= 0.3 is 11.9 Å². The van der Waals surface area contributed by atoms with Crippen LogP contribution in [0, 0.1) is 0 Å². The summed E-state index contributed by atoms with van der Waals surface area (Å²) in [4.78, 5) is 23.1. The Bertz CT molecular complexity index is 373. The normalized spacial score (nSPS) is 11.9. The van der Waals surface area contributed by atoms with E-state index < -0.39 is 24.3 Å². The highest BCUT2D eigenvalue weighted by Crippen LogP contribution is 2.14. The lowest BCUT2D eigenvalue weighted by atomic mass is 10.1. The smallest absolute Gasteiger partial charge is 0.336 e. The second-order valence-corrected chi connectivity index (χ2v) is 5.25. The van der Waals surface area contributed by atoms with E-state index in [1.165, 1.54) is 13.8 Å². The van der Waals surface area contributed by atoms with Crippen LogP contribution in [-0.4, -0.2) is 41.2 Å². The molecule has 0 spiro atoms. The summed E-state index contributed by atoms with van der Waals surface area (Å²) in [6.45, 7) is 9.97. The fourth-order valence-corrected chi connectivity index (χ4v) is 1.57. The van der Waals surface area contributed by atoms with Gasteiger partial charge in [0, 0.05) is 24.2 Å². The van der Waals surface area contributed by atoms with Crippen molar-refractivity contribution in [1.82, 2.24) is 0 Å². The molecule has 0 fully saturated rings. The van der Waals surface area contributed by atoms with Crippen LogP contribution in [-0.2, 0) is 19.1 Å². The predicted octanol–water partition coefficient (Wildman–Crippen LogP) is 1.85. The Morgan fingerprint density at radius 1 is 0.955 bits per heavy atom. The zero-order valence-electron chi connectivity index (χ0n) is 13.3. The molecule has 0 aromatic heterocycles. The van der Waals surface area contributed by atoms with E-state index in [0.717, 1.165) is 0 Å². The molecule has 0 aliphatic carbocycles. The monoisotopic (exact) mass is 314 g/mol. The summed E-state index contributed by atoms with van der Waals surface area (Å²) in [6, 6.07) is 0. The van der Waals surface area contributed by atoms with Crippen molar-refractivity contribution in [2.24, 2.45) is 0 Å². The van der Waals surface area contributed by atoms with E-state index in [1.54, 1.807) is 0 Å². The van der Waals surface area contributed by atoms with Crippen LogP contribution in [0.3, 0.4) is 0 Å². The van der Waals surface area contributed by atoms with E-state index >= 15 is 0 Å². The van der Waals surface area contributed by atoms with Gasteiger partial charge in [0.25, 0.3) is 0 Å². The maximum Gasteiger partial charge on any atom is 0.336 e. The number of aliphatic hydroxyl groups is 2. The highest BCUT2D eigenvalue weighted by atomic mass is 16.7. The maximum absolute atomic E-state index is 11.5. The molecular formula is C16H26O6. The molecule has 22 heavy (non-hydrogen) atoms.